The van der Waals surface area contributed by atoms with E-state index >= 15 is 0 Å². The van der Waals surface area contributed by atoms with Crippen molar-refractivity contribution in [2.45, 2.75) is 183 Å². The fraction of sp³-hybridized carbons (Fsp3) is 0.811. The normalized spacial score (nSPS) is 12.2. The van der Waals surface area contributed by atoms with E-state index in [0.717, 1.165) is 14.7 Å². The van der Waals surface area contributed by atoms with Crippen LogP contribution in [0.1, 0.15) is 144 Å². The Morgan fingerprint density at radius 3 is 0.723 bits per heavy atom. The van der Waals surface area contributed by atoms with Gasteiger partial charge in [0.1, 0.15) is 39.1 Å². The summed E-state index contributed by atoms with van der Waals surface area (Å²) >= 11 is 0. The van der Waals surface area contributed by atoms with Gasteiger partial charge in [-0.05, 0) is 125 Å². The summed E-state index contributed by atoms with van der Waals surface area (Å²) < 4.78 is 49.4. The standard InChI is InChI=1S/C53H98N10O20/c1-47(2,3)78-41(69)61(42(70)79-48(4,5)6)34-54-22-25-57-37(64)19-28-75-31-53(60-40(67)68,32-76-29-20-38(65)58-26-23-55-35-62(43(71)80-49(7,8)9)44(72)81-50(10,11)12)33-77-30-21-39(66)59-27-24-56-36-63(45(73)82-51(13,14)15)46(74)83-52(16,17)18/h54-56,60H,19-36H2,1-18H3,(H,57,64)(H,58,65)(H,59,66)(H,67,68). The number of hydrogen-bond acceptors (Lipinski definition) is 22. The van der Waals surface area contributed by atoms with Gasteiger partial charge >= 0.3 is 42.7 Å². The Hall–Kier alpha value is -6.34. The maximum Gasteiger partial charge on any atom is 0.420 e. The van der Waals surface area contributed by atoms with Gasteiger partial charge in [0, 0.05) is 58.5 Å². The Kier molecular flexibility index (Phi) is 33.0. The maximum atomic E-state index is 12.8. The van der Waals surface area contributed by atoms with E-state index in [1.165, 1.54) is 0 Å². The zero-order valence-corrected chi connectivity index (χ0v) is 52.3. The number of carboxylic acid groups (broad SMARTS) is 1. The summed E-state index contributed by atoms with van der Waals surface area (Å²) in [5.41, 5.74) is -7.01. The summed E-state index contributed by atoms with van der Waals surface area (Å²) in [5, 5.41) is 29.0. The molecule has 0 spiro atoms. The van der Waals surface area contributed by atoms with Gasteiger partial charge in [-0.2, -0.15) is 14.7 Å². The molecule has 0 aliphatic rings. The Balaban J connectivity index is 5.74. The van der Waals surface area contributed by atoms with Gasteiger partial charge < -0.3 is 69.0 Å². The number of nitrogens with one attached hydrogen (secondary N) is 7. The SMILES string of the molecule is CC(C)(C)OC(=O)N(CNCCNC(=O)CCOCC(COCCC(=O)NCCNCN(C(=O)OC(C)(C)C)C(=O)OC(C)(C)C)(COCCC(=O)NCCNCN(C(=O)OC(C)(C)C)C(=O)OC(C)(C)C)NC(=O)O)C(=O)OC(C)(C)C. The second-order valence-electron chi connectivity index (χ2n) is 24.8. The van der Waals surface area contributed by atoms with Crippen LogP contribution in [0.4, 0.5) is 33.6 Å². The third kappa shape index (κ3) is 40.5. The molecule has 0 aromatic carbocycles. The van der Waals surface area contributed by atoms with Crippen LogP contribution in [0, 0.1) is 0 Å². The molecule has 0 atom stereocenters. The molecule has 0 aromatic rings. The lowest BCUT2D eigenvalue weighted by Gasteiger charge is -2.33. The number of ether oxygens (including phenoxy) is 9. The smallest absolute Gasteiger partial charge is 0.420 e. The summed E-state index contributed by atoms with van der Waals surface area (Å²) in [4.78, 5) is 130. The minimum atomic E-state index is -1.64. The van der Waals surface area contributed by atoms with Gasteiger partial charge in [-0.15, -0.1) is 0 Å². The van der Waals surface area contributed by atoms with Crippen LogP contribution in [0.25, 0.3) is 0 Å². The molecular weight excluding hydrogens is 1100 g/mol. The van der Waals surface area contributed by atoms with Gasteiger partial charge in [0.05, 0.1) is 59.6 Å². The first-order chi connectivity index (χ1) is 37.9. The van der Waals surface area contributed by atoms with Crippen molar-refractivity contribution in [1.29, 1.82) is 0 Å². The van der Waals surface area contributed by atoms with Crippen molar-refractivity contribution in [1.82, 2.24) is 51.9 Å². The predicted molar refractivity (Wildman–Crippen MR) is 301 cm³/mol. The van der Waals surface area contributed by atoms with Crippen LogP contribution in [0.15, 0.2) is 0 Å². The molecule has 480 valence electrons. The number of carbonyl (C=O) groups is 10. The third-order valence-corrected chi connectivity index (χ3v) is 9.29. The predicted octanol–water partition coefficient (Wildman–Crippen LogP) is 4.72. The van der Waals surface area contributed by atoms with Crippen LogP contribution in [0.2, 0.25) is 0 Å². The first kappa shape index (κ1) is 76.7. The van der Waals surface area contributed by atoms with E-state index in [-0.39, 0.29) is 98.4 Å². The van der Waals surface area contributed by atoms with E-state index in [4.69, 9.17) is 42.6 Å². The van der Waals surface area contributed by atoms with Crippen molar-refractivity contribution >= 4 is 60.4 Å². The van der Waals surface area contributed by atoms with Crippen LogP contribution in [-0.4, -0.2) is 218 Å². The molecule has 30 nitrogen and oxygen atoms in total. The molecule has 0 aliphatic carbocycles. The summed E-state index contributed by atoms with van der Waals surface area (Å²) in [7, 11) is 0. The van der Waals surface area contributed by atoms with Crippen molar-refractivity contribution in [3.05, 3.63) is 0 Å². The molecule has 30 heteroatoms. The number of hydrogen-bond donors (Lipinski definition) is 8. The first-order valence-electron chi connectivity index (χ1n) is 27.3. The monoisotopic (exact) mass is 1190 g/mol. The largest absolute Gasteiger partial charge is 0.465 e. The molecule has 0 aliphatic heterocycles. The quantitative estimate of drug-likeness (QED) is 0.0264. The van der Waals surface area contributed by atoms with E-state index in [0.29, 0.717) is 0 Å². The van der Waals surface area contributed by atoms with Crippen LogP contribution < -0.4 is 37.2 Å². The number of amides is 10. The van der Waals surface area contributed by atoms with Gasteiger partial charge in [0.25, 0.3) is 0 Å². The highest BCUT2D eigenvalue weighted by atomic mass is 16.6. The summed E-state index contributed by atoms with van der Waals surface area (Å²) in [5.74, 6) is -1.37. The Morgan fingerprint density at radius 1 is 0.337 bits per heavy atom. The van der Waals surface area contributed by atoms with Crippen molar-refractivity contribution in [3.8, 4) is 0 Å². The minimum Gasteiger partial charge on any atom is -0.465 e. The lowest BCUT2D eigenvalue weighted by molar-refractivity contribution is -0.122. The van der Waals surface area contributed by atoms with Gasteiger partial charge in [0.2, 0.25) is 17.7 Å². The van der Waals surface area contributed by atoms with Crippen LogP contribution in [-0.2, 0) is 57.0 Å². The average molecular weight is 1200 g/mol. The minimum absolute atomic E-state index is 0.0667. The highest BCUT2D eigenvalue weighted by Gasteiger charge is 2.36. The van der Waals surface area contributed by atoms with Crippen LogP contribution in [0.5, 0.6) is 0 Å². The van der Waals surface area contributed by atoms with E-state index in [2.05, 4.69) is 37.2 Å². The highest BCUT2D eigenvalue weighted by molar-refractivity contribution is 5.89. The molecule has 0 fully saturated rings. The second kappa shape index (κ2) is 35.7. The molecule has 0 radical (unpaired) electrons. The van der Waals surface area contributed by atoms with Crippen molar-refractivity contribution in [2.75, 3.05) is 98.9 Å². The average Bonchev–Trinajstić information content (AvgIpc) is 3.28. The Morgan fingerprint density at radius 2 is 0.542 bits per heavy atom. The highest BCUT2D eigenvalue weighted by Crippen LogP contribution is 2.18. The summed E-state index contributed by atoms with van der Waals surface area (Å²) in [6, 6.07) is 0. The molecule has 10 amide bonds. The molecule has 83 heavy (non-hydrogen) atoms. The second-order valence-corrected chi connectivity index (χ2v) is 24.8. The number of nitrogens with zero attached hydrogens (tertiary/aromatic N) is 3. The molecule has 0 unspecified atom stereocenters. The molecule has 0 saturated carbocycles. The molecule has 0 heterocycles. The maximum absolute atomic E-state index is 12.8. The summed E-state index contributed by atoms with van der Waals surface area (Å²) in [6.07, 6.45) is -7.64. The van der Waals surface area contributed by atoms with Crippen molar-refractivity contribution in [3.63, 3.8) is 0 Å². The van der Waals surface area contributed by atoms with E-state index in [1.807, 2.05) is 0 Å². The zero-order chi connectivity index (χ0) is 64.0. The third-order valence-electron chi connectivity index (χ3n) is 9.29. The molecule has 0 aromatic heterocycles. The fourth-order valence-electron chi connectivity index (χ4n) is 5.98. The topological polar surface area (TPSA) is 368 Å². The number of imide groups is 3. The van der Waals surface area contributed by atoms with E-state index < -0.39 is 119 Å². The van der Waals surface area contributed by atoms with E-state index in [9.17, 15) is 53.1 Å². The van der Waals surface area contributed by atoms with Gasteiger partial charge in [0.15, 0.2) is 0 Å². The van der Waals surface area contributed by atoms with Crippen molar-refractivity contribution < 1.29 is 95.7 Å². The van der Waals surface area contributed by atoms with Crippen LogP contribution >= 0.6 is 0 Å². The number of carbonyl (C=O) groups excluding carboxylic acids is 9. The summed E-state index contributed by atoms with van der Waals surface area (Å²) in [6.45, 7) is 27.5. The lowest BCUT2D eigenvalue weighted by Crippen LogP contribution is -2.58. The van der Waals surface area contributed by atoms with Gasteiger partial charge in [-0.25, -0.2) is 33.6 Å². The lowest BCUT2D eigenvalue weighted by atomic mass is 10.0. The first-order valence-corrected chi connectivity index (χ1v) is 27.3. The fourth-order valence-corrected chi connectivity index (χ4v) is 5.98. The zero-order valence-electron chi connectivity index (χ0n) is 52.3. The Labute approximate surface area is 488 Å². The molecular formula is C53H98N10O20. The van der Waals surface area contributed by atoms with Gasteiger partial charge in [-0.1, -0.05) is 0 Å². The Bertz CT molecular complexity index is 1790. The molecule has 0 saturated heterocycles. The molecule has 0 rings (SSSR count). The van der Waals surface area contributed by atoms with Crippen molar-refractivity contribution in [2.24, 2.45) is 0 Å². The molecule has 0 bridgehead atoms. The van der Waals surface area contributed by atoms with Crippen LogP contribution in [0.3, 0.4) is 0 Å². The number of rotatable bonds is 31. The van der Waals surface area contributed by atoms with E-state index in [1.54, 1.807) is 125 Å². The molecule has 8 N–H and O–H groups in total. The van der Waals surface area contributed by atoms with Gasteiger partial charge in [-0.3, -0.25) is 30.3 Å².